The summed E-state index contributed by atoms with van der Waals surface area (Å²) in [6.45, 7) is 1.98. The molecule has 0 heterocycles. The molecule has 0 aromatic carbocycles. The van der Waals surface area contributed by atoms with E-state index in [1.54, 1.807) is 6.08 Å². The summed E-state index contributed by atoms with van der Waals surface area (Å²) in [4.78, 5) is 0. The molecule has 0 radical (unpaired) electrons. The van der Waals surface area contributed by atoms with Gasteiger partial charge in [0.15, 0.2) is 0 Å². The van der Waals surface area contributed by atoms with Crippen molar-refractivity contribution in [1.82, 2.24) is 0 Å². The first-order valence-electron chi connectivity index (χ1n) is 3.72. The van der Waals surface area contributed by atoms with Crippen molar-refractivity contribution in [3.63, 3.8) is 0 Å². The minimum atomic E-state index is -0.599. The van der Waals surface area contributed by atoms with Gasteiger partial charge in [0, 0.05) is 6.61 Å². The molecule has 0 saturated heterocycles. The van der Waals surface area contributed by atoms with Crippen molar-refractivity contribution < 1.29 is 10.2 Å². The van der Waals surface area contributed by atoms with E-state index >= 15 is 0 Å². The Morgan fingerprint density at radius 3 is 2.82 bits per heavy atom. The van der Waals surface area contributed by atoms with Gasteiger partial charge >= 0.3 is 0 Å². The van der Waals surface area contributed by atoms with Crippen LogP contribution in [0.3, 0.4) is 0 Å². The standard InChI is InChI=1S/C9H14O2/c1-2-3-4-6-9(11)7-5-8-10/h2-3,9-11H,5,7-8H2,1H3/b3-2-. The van der Waals surface area contributed by atoms with Crippen LogP contribution in [0.2, 0.25) is 0 Å². The highest BCUT2D eigenvalue weighted by atomic mass is 16.3. The Labute approximate surface area is 67.6 Å². The Bertz CT molecular complexity index is 162. The predicted molar refractivity (Wildman–Crippen MR) is 44.9 cm³/mol. The molecule has 11 heavy (non-hydrogen) atoms. The Balaban J connectivity index is 3.52. The minimum Gasteiger partial charge on any atom is -0.396 e. The van der Waals surface area contributed by atoms with Gasteiger partial charge in [-0.05, 0) is 25.8 Å². The third-order valence-electron chi connectivity index (χ3n) is 1.14. The van der Waals surface area contributed by atoms with Crippen LogP contribution < -0.4 is 0 Å². The van der Waals surface area contributed by atoms with E-state index in [1.807, 2.05) is 13.0 Å². The largest absolute Gasteiger partial charge is 0.396 e. The molecule has 0 aromatic rings. The molecular weight excluding hydrogens is 140 g/mol. The van der Waals surface area contributed by atoms with Crippen LogP contribution in [-0.2, 0) is 0 Å². The fourth-order valence-electron chi connectivity index (χ4n) is 0.584. The second-order valence-corrected chi connectivity index (χ2v) is 2.17. The molecule has 0 aliphatic rings. The van der Waals surface area contributed by atoms with Crippen LogP contribution >= 0.6 is 0 Å². The smallest absolute Gasteiger partial charge is 0.115 e. The number of allylic oxidation sites excluding steroid dienone is 2. The van der Waals surface area contributed by atoms with Crippen molar-refractivity contribution in [2.75, 3.05) is 6.61 Å². The van der Waals surface area contributed by atoms with Crippen LogP contribution in [0.5, 0.6) is 0 Å². The molecule has 1 atom stereocenters. The van der Waals surface area contributed by atoms with E-state index in [1.165, 1.54) is 0 Å². The van der Waals surface area contributed by atoms with Gasteiger partial charge in [-0.2, -0.15) is 0 Å². The molecule has 0 bridgehead atoms. The number of aliphatic hydroxyl groups excluding tert-OH is 2. The molecule has 2 heteroatoms. The molecule has 0 aromatic heterocycles. The molecule has 0 fully saturated rings. The van der Waals surface area contributed by atoms with Crippen LogP contribution in [0, 0.1) is 11.8 Å². The summed E-state index contributed by atoms with van der Waals surface area (Å²) in [6.07, 6.45) is 4.04. The molecular formula is C9H14O2. The summed E-state index contributed by atoms with van der Waals surface area (Å²) in [5.41, 5.74) is 0. The van der Waals surface area contributed by atoms with Gasteiger partial charge in [-0.1, -0.05) is 17.9 Å². The Kier molecular flexibility index (Phi) is 6.81. The van der Waals surface area contributed by atoms with E-state index in [2.05, 4.69) is 11.8 Å². The molecule has 0 amide bonds. The third kappa shape index (κ3) is 7.11. The highest BCUT2D eigenvalue weighted by Crippen LogP contribution is 1.93. The van der Waals surface area contributed by atoms with Gasteiger partial charge in [0.1, 0.15) is 6.10 Å². The first kappa shape index (κ1) is 10.2. The van der Waals surface area contributed by atoms with Crippen molar-refractivity contribution in [1.29, 1.82) is 0 Å². The summed E-state index contributed by atoms with van der Waals surface area (Å²) < 4.78 is 0. The van der Waals surface area contributed by atoms with Crippen LogP contribution in [-0.4, -0.2) is 22.9 Å². The quantitative estimate of drug-likeness (QED) is 0.587. The number of hydrogen-bond acceptors (Lipinski definition) is 2. The summed E-state index contributed by atoms with van der Waals surface area (Å²) in [5.74, 6) is 5.31. The highest BCUT2D eigenvalue weighted by Gasteiger charge is 1.95. The normalized spacial score (nSPS) is 12.6. The van der Waals surface area contributed by atoms with Crippen molar-refractivity contribution in [3.8, 4) is 11.8 Å². The summed E-state index contributed by atoms with van der Waals surface area (Å²) in [5, 5.41) is 17.5. The van der Waals surface area contributed by atoms with Crippen molar-refractivity contribution in [2.45, 2.75) is 25.9 Å². The van der Waals surface area contributed by atoms with E-state index in [0.717, 1.165) is 0 Å². The summed E-state index contributed by atoms with van der Waals surface area (Å²) in [7, 11) is 0. The SMILES string of the molecule is C/C=C\C#CC(O)CCCO. The predicted octanol–water partition coefficient (Wildman–Crippen LogP) is 0.699. The van der Waals surface area contributed by atoms with E-state index in [4.69, 9.17) is 10.2 Å². The van der Waals surface area contributed by atoms with Crippen LogP contribution in [0.1, 0.15) is 19.8 Å². The van der Waals surface area contributed by atoms with Crippen molar-refractivity contribution >= 4 is 0 Å². The maximum atomic E-state index is 9.09. The molecule has 0 aliphatic carbocycles. The second-order valence-electron chi connectivity index (χ2n) is 2.17. The fraction of sp³-hybridized carbons (Fsp3) is 0.556. The third-order valence-corrected chi connectivity index (χ3v) is 1.14. The number of aliphatic hydroxyl groups is 2. The van der Waals surface area contributed by atoms with E-state index < -0.39 is 6.10 Å². The van der Waals surface area contributed by atoms with Crippen LogP contribution in [0.15, 0.2) is 12.2 Å². The lowest BCUT2D eigenvalue weighted by Gasteiger charge is -1.98. The maximum Gasteiger partial charge on any atom is 0.115 e. The van der Waals surface area contributed by atoms with Gasteiger partial charge in [0.05, 0.1) is 0 Å². The monoisotopic (exact) mass is 154 g/mol. The molecule has 0 rings (SSSR count). The van der Waals surface area contributed by atoms with Crippen molar-refractivity contribution in [3.05, 3.63) is 12.2 Å². The second kappa shape index (κ2) is 7.33. The van der Waals surface area contributed by atoms with Crippen molar-refractivity contribution in [2.24, 2.45) is 0 Å². The topological polar surface area (TPSA) is 40.5 Å². The highest BCUT2D eigenvalue weighted by molar-refractivity contribution is 5.16. The van der Waals surface area contributed by atoms with Gasteiger partial charge < -0.3 is 10.2 Å². The zero-order chi connectivity index (χ0) is 8.53. The van der Waals surface area contributed by atoms with E-state index in [0.29, 0.717) is 12.8 Å². The maximum absolute atomic E-state index is 9.09. The summed E-state index contributed by atoms with van der Waals surface area (Å²) in [6, 6.07) is 0. The molecule has 62 valence electrons. The Hall–Kier alpha value is -0.780. The first-order chi connectivity index (χ1) is 5.31. The van der Waals surface area contributed by atoms with Crippen LogP contribution in [0.25, 0.3) is 0 Å². The average molecular weight is 154 g/mol. The van der Waals surface area contributed by atoms with E-state index in [-0.39, 0.29) is 6.61 Å². The number of hydrogen-bond donors (Lipinski definition) is 2. The minimum absolute atomic E-state index is 0.113. The average Bonchev–Trinajstić information content (AvgIpc) is 2.01. The van der Waals surface area contributed by atoms with E-state index in [9.17, 15) is 0 Å². The zero-order valence-corrected chi connectivity index (χ0v) is 6.75. The molecule has 0 spiro atoms. The molecule has 0 aliphatic heterocycles. The van der Waals surface area contributed by atoms with Gasteiger partial charge in [-0.15, -0.1) is 0 Å². The molecule has 2 nitrogen and oxygen atoms in total. The van der Waals surface area contributed by atoms with Gasteiger partial charge in [-0.25, -0.2) is 0 Å². The zero-order valence-electron chi connectivity index (χ0n) is 6.75. The van der Waals surface area contributed by atoms with Crippen LogP contribution in [0.4, 0.5) is 0 Å². The molecule has 2 N–H and O–H groups in total. The molecule has 0 saturated carbocycles. The Morgan fingerprint density at radius 1 is 1.55 bits per heavy atom. The van der Waals surface area contributed by atoms with Gasteiger partial charge in [-0.3, -0.25) is 0 Å². The van der Waals surface area contributed by atoms with Gasteiger partial charge in [0.2, 0.25) is 0 Å². The fourth-order valence-corrected chi connectivity index (χ4v) is 0.584. The summed E-state index contributed by atoms with van der Waals surface area (Å²) >= 11 is 0. The first-order valence-corrected chi connectivity index (χ1v) is 3.72. The lowest BCUT2D eigenvalue weighted by atomic mass is 10.2. The number of rotatable bonds is 3. The van der Waals surface area contributed by atoms with Gasteiger partial charge in [0.25, 0.3) is 0 Å². The molecule has 1 unspecified atom stereocenters. The lowest BCUT2D eigenvalue weighted by molar-refractivity contribution is 0.197. The lowest BCUT2D eigenvalue weighted by Crippen LogP contribution is -2.03. The Morgan fingerprint density at radius 2 is 2.27 bits per heavy atom.